The van der Waals surface area contributed by atoms with Gasteiger partial charge in [-0.2, -0.15) is 0 Å². The van der Waals surface area contributed by atoms with Gasteiger partial charge in [-0.3, -0.25) is 0 Å². The summed E-state index contributed by atoms with van der Waals surface area (Å²) < 4.78 is 28.5. The highest BCUT2D eigenvalue weighted by molar-refractivity contribution is 5.74. The van der Waals surface area contributed by atoms with Crippen LogP contribution in [0.1, 0.15) is 43.8 Å². The van der Waals surface area contributed by atoms with Crippen molar-refractivity contribution in [3.05, 3.63) is 59.3 Å². The molecule has 2 bridgehead atoms. The Morgan fingerprint density at radius 3 is 2.49 bits per heavy atom. The van der Waals surface area contributed by atoms with E-state index in [0.29, 0.717) is 35.8 Å². The summed E-state index contributed by atoms with van der Waals surface area (Å²) in [6.07, 6.45) is 4.82. The Hall–Kier alpha value is -3.36. The lowest BCUT2D eigenvalue weighted by Crippen LogP contribution is -2.43. The van der Waals surface area contributed by atoms with Crippen molar-refractivity contribution in [2.45, 2.75) is 45.4 Å². The third-order valence-corrected chi connectivity index (χ3v) is 8.42. The van der Waals surface area contributed by atoms with Crippen molar-refractivity contribution in [1.29, 1.82) is 0 Å². The molecule has 3 aromatic rings. The first-order valence-corrected chi connectivity index (χ1v) is 13.1. The zero-order valence-electron chi connectivity index (χ0n) is 21.8. The van der Waals surface area contributed by atoms with Gasteiger partial charge in [0, 0.05) is 61.9 Å². The molecule has 4 heterocycles. The van der Waals surface area contributed by atoms with E-state index in [-0.39, 0.29) is 5.41 Å². The lowest BCUT2D eigenvalue weighted by Gasteiger charge is -2.38. The minimum atomic E-state index is -0.585. The van der Waals surface area contributed by atoms with E-state index in [9.17, 15) is 8.78 Å². The largest absolute Gasteiger partial charge is 0.373 e. The maximum absolute atomic E-state index is 14.9. The van der Waals surface area contributed by atoms with E-state index in [4.69, 9.17) is 9.97 Å². The van der Waals surface area contributed by atoms with Gasteiger partial charge in [-0.25, -0.2) is 28.7 Å². The second kappa shape index (κ2) is 8.89. The molecule has 1 N–H and O–H groups in total. The average molecular weight is 506 g/mol. The maximum atomic E-state index is 14.9. The topological polar surface area (TPSA) is 70.1 Å². The van der Waals surface area contributed by atoms with Crippen molar-refractivity contribution in [2.75, 3.05) is 41.8 Å². The molecular formula is C28H33F2N7. The predicted octanol–water partition coefficient (Wildman–Crippen LogP) is 5.03. The Morgan fingerprint density at radius 1 is 1.05 bits per heavy atom. The van der Waals surface area contributed by atoms with Crippen LogP contribution in [0.5, 0.6) is 0 Å². The molecule has 1 saturated heterocycles. The number of aryl methyl sites for hydroxylation is 1. The average Bonchev–Trinajstić information content (AvgIpc) is 3.24. The lowest BCUT2D eigenvalue weighted by molar-refractivity contribution is 0.265. The number of nitrogens with zero attached hydrogens (tertiary/aromatic N) is 6. The van der Waals surface area contributed by atoms with Gasteiger partial charge < -0.3 is 15.1 Å². The molecule has 6 rings (SSSR count). The molecular weight excluding hydrogens is 472 g/mol. The fourth-order valence-corrected chi connectivity index (χ4v) is 6.71. The van der Waals surface area contributed by atoms with Crippen molar-refractivity contribution in [2.24, 2.45) is 17.8 Å². The van der Waals surface area contributed by atoms with Crippen LogP contribution < -0.4 is 15.1 Å². The van der Waals surface area contributed by atoms with E-state index in [1.54, 1.807) is 6.33 Å². The Morgan fingerprint density at radius 2 is 1.81 bits per heavy atom. The van der Waals surface area contributed by atoms with E-state index < -0.39 is 11.6 Å². The Bertz CT molecular complexity index is 1330. The number of piperidine rings is 1. The van der Waals surface area contributed by atoms with Crippen molar-refractivity contribution < 1.29 is 8.78 Å². The van der Waals surface area contributed by atoms with Crippen LogP contribution in [-0.2, 0) is 11.8 Å². The van der Waals surface area contributed by atoms with Crippen molar-refractivity contribution in [1.82, 2.24) is 19.9 Å². The number of anilines is 4. The van der Waals surface area contributed by atoms with Crippen molar-refractivity contribution in [3.63, 3.8) is 0 Å². The monoisotopic (exact) mass is 505 g/mol. The molecule has 3 aliphatic rings. The summed E-state index contributed by atoms with van der Waals surface area (Å²) in [6.45, 7) is 8.71. The Labute approximate surface area is 216 Å². The summed E-state index contributed by atoms with van der Waals surface area (Å²) in [6, 6.07) is 5.80. The van der Waals surface area contributed by atoms with E-state index >= 15 is 0 Å². The van der Waals surface area contributed by atoms with Crippen molar-refractivity contribution >= 4 is 23.1 Å². The smallest absolute Gasteiger partial charge is 0.149 e. The molecule has 1 saturated carbocycles. The van der Waals surface area contributed by atoms with Gasteiger partial charge in [-0.15, -0.1) is 0 Å². The first-order valence-electron chi connectivity index (χ1n) is 13.1. The predicted molar refractivity (Wildman–Crippen MR) is 140 cm³/mol. The molecule has 7 nitrogen and oxygen atoms in total. The fourth-order valence-electron chi connectivity index (χ4n) is 6.71. The minimum absolute atomic E-state index is 0.299. The quantitative estimate of drug-likeness (QED) is 0.522. The van der Waals surface area contributed by atoms with Crippen LogP contribution in [0.25, 0.3) is 0 Å². The number of rotatable bonds is 5. The van der Waals surface area contributed by atoms with Gasteiger partial charge in [0.2, 0.25) is 0 Å². The number of halogens is 2. The minimum Gasteiger partial charge on any atom is -0.373 e. The highest BCUT2D eigenvalue weighted by atomic mass is 19.1. The number of hydrogen-bond donors (Lipinski definition) is 1. The van der Waals surface area contributed by atoms with Crippen molar-refractivity contribution in [3.8, 4) is 0 Å². The summed E-state index contributed by atoms with van der Waals surface area (Å²) in [5, 5.41) is 3.27. The Kier molecular flexibility index (Phi) is 5.76. The van der Waals surface area contributed by atoms with Crippen LogP contribution >= 0.6 is 0 Å². The molecule has 2 unspecified atom stereocenters. The van der Waals surface area contributed by atoms with E-state index in [1.807, 2.05) is 18.9 Å². The van der Waals surface area contributed by atoms with Crippen LogP contribution in [0.15, 0.2) is 30.6 Å². The lowest BCUT2D eigenvalue weighted by atomic mass is 9.82. The van der Waals surface area contributed by atoms with Crippen LogP contribution in [0, 0.1) is 36.3 Å². The van der Waals surface area contributed by atoms with Gasteiger partial charge >= 0.3 is 0 Å². The number of benzene rings is 1. The highest BCUT2D eigenvalue weighted by Crippen LogP contribution is 2.48. The Balaban J connectivity index is 1.31. The van der Waals surface area contributed by atoms with Crippen LogP contribution in [0.3, 0.4) is 0 Å². The van der Waals surface area contributed by atoms with Crippen LogP contribution in [-0.4, -0.2) is 46.6 Å². The summed E-state index contributed by atoms with van der Waals surface area (Å²) in [7, 11) is 1.87. The first-order chi connectivity index (χ1) is 17.7. The van der Waals surface area contributed by atoms with Gasteiger partial charge in [0.25, 0.3) is 0 Å². The summed E-state index contributed by atoms with van der Waals surface area (Å²) >= 11 is 0. The summed E-state index contributed by atoms with van der Waals surface area (Å²) in [5.41, 5.74) is 2.00. The van der Waals surface area contributed by atoms with E-state index in [0.717, 1.165) is 54.3 Å². The summed E-state index contributed by atoms with van der Waals surface area (Å²) in [5.74, 6) is 3.71. The maximum Gasteiger partial charge on any atom is 0.149 e. The molecule has 0 spiro atoms. The number of aromatic nitrogens is 4. The number of hydrogen-bond acceptors (Lipinski definition) is 7. The molecule has 2 atom stereocenters. The number of nitrogens with one attached hydrogen (secondary N) is 1. The van der Waals surface area contributed by atoms with E-state index in [1.165, 1.54) is 25.0 Å². The van der Waals surface area contributed by atoms with Crippen LogP contribution in [0.2, 0.25) is 0 Å². The fraction of sp³-hybridized carbons (Fsp3) is 0.500. The molecule has 9 heteroatoms. The molecule has 2 fully saturated rings. The normalized spacial score (nSPS) is 23.9. The second-order valence-corrected chi connectivity index (χ2v) is 11.4. The third kappa shape index (κ3) is 4.18. The molecule has 0 amide bonds. The summed E-state index contributed by atoms with van der Waals surface area (Å²) in [4.78, 5) is 23.0. The van der Waals surface area contributed by atoms with Gasteiger partial charge in [-0.1, -0.05) is 13.8 Å². The van der Waals surface area contributed by atoms with Gasteiger partial charge in [0.1, 0.15) is 41.2 Å². The second-order valence-electron chi connectivity index (χ2n) is 11.4. The first kappa shape index (κ1) is 24.0. The SMILES string of the molecule is CNc1nc(CC2C3CCC2CN(c2cc(C)ncn2)C3)nc2c1C(C)(C)CN2c1ccc(F)cc1F. The van der Waals surface area contributed by atoms with Gasteiger partial charge in [0.15, 0.2) is 0 Å². The van der Waals surface area contributed by atoms with Crippen LogP contribution in [0.4, 0.5) is 31.9 Å². The molecule has 1 aliphatic carbocycles. The third-order valence-electron chi connectivity index (χ3n) is 8.42. The standard InChI is InChI=1S/C28H33F2N7/c1-16-9-24(33-15-32-16)36-12-17-5-6-18(13-36)20(17)11-23-34-26(31-4)25-27(35-23)37(14-28(25,2)3)22-8-7-19(29)10-21(22)30/h7-10,15,17-18,20H,5-6,11-14H2,1-4H3,(H,31,34,35). The zero-order chi connectivity index (χ0) is 25.9. The van der Waals surface area contributed by atoms with Gasteiger partial charge in [0.05, 0.1) is 5.69 Å². The zero-order valence-corrected chi connectivity index (χ0v) is 21.8. The van der Waals surface area contributed by atoms with Gasteiger partial charge in [-0.05, 0) is 49.7 Å². The molecule has 2 aliphatic heterocycles. The number of fused-ring (bicyclic) bond motifs is 3. The molecule has 2 aromatic heterocycles. The van der Waals surface area contributed by atoms with E-state index in [2.05, 4.69) is 40.1 Å². The molecule has 194 valence electrons. The highest BCUT2D eigenvalue weighted by Gasteiger charge is 2.44. The molecule has 37 heavy (non-hydrogen) atoms. The molecule has 0 radical (unpaired) electrons. The molecule has 1 aromatic carbocycles.